The highest BCUT2D eigenvalue weighted by Gasteiger charge is 2.26. The van der Waals surface area contributed by atoms with Crippen LogP contribution in [0, 0.1) is 0 Å². The zero-order valence-corrected chi connectivity index (χ0v) is 14.8. The molecule has 1 aliphatic rings. The van der Waals surface area contributed by atoms with Crippen molar-refractivity contribution < 1.29 is 13.2 Å². The highest BCUT2D eigenvalue weighted by molar-refractivity contribution is 8.01. The number of hydrogen-bond acceptors (Lipinski definition) is 5. The summed E-state index contributed by atoms with van der Waals surface area (Å²) in [5, 5.41) is 5.50. The lowest BCUT2D eigenvalue weighted by molar-refractivity contribution is -0.115. The molecule has 0 bridgehead atoms. The zero-order chi connectivity index (χ0) is 17.3. The second kappa shape index (κ2) is 6.46. The Morgan fingerprint density at radius 3 is 2.42 bits per heavy atom. The molecule has 3 rings (SSSR count). The highest BCUT2D eigenvalue weighted by atomic mass is 32.2. The number of carbonyl (C=O) groups excluding carboxylic acids is 1. The first-order valence-electron chi connectivity index (χ1n) is 7.23. The Hall–Kier alpha value is -2.03. The van der Waals surface area contributed by atoms with Crippen molar-refractivity contribution in [3.8, 4) is 0 Å². The summed E-state index contributed by atoms with van der Waals surface area (Å²) in [5.41, 5.74) is 1.48. The fourth-order valence-corrected chi connectivity index (χ4v) is 4.15. The van der Waals surface area contributed by atoms with Crippen molar-refractivity contribution in [2.24, 2.45) is 0 Å². The molecule has 0 spiro atoms. The van der Waals surface area contributed by atoms with Crippen LogP contribution < -0.4 is 10.6 Å². The lowest BCUT2D eigenvalue weighted by Crippen LogP contribution is -2.34. The molecule has 0 saturated heterocycles. The number of fused-ring (bicyclic) bond motifs is 1. The third-order valence-corrected chi connectivity index (χ3v) is 6.57. The quantitative estimate of drug-likeness (QED) is 0.872. The smallest absolute Gasteiger partial charge is 0.257 e. The summed E-state index contributed by atoms with van der Waals surface area (Å²) in [6.07, 6.45) is 0. The van der Waals surface area contributed by atoms with Gasteiger partial charge in [-0.05, 0) is 36.4 Å². The number of anilines is 2. The van der Waals surface area contributed by atoms with Gasteiger partial charge in [0.05, 0.1) is 10.6 Å². The molecule has 2 aromatic rings. The average Bonchev–Trinajstić information content (AvgIpc) is 2.56. The Balaban J connectivity index is 1.77. The molecule has 0 aromatic heterocycles. The van der Waals surface area contributed by atoms with Gasteiger partial charge in [-0.15, -0.1) is 0 Å². The van der Waals surface area contributed by atoms with E-state index in [0.717, 1.165) is 14.9 Å². The molecule has 1 heterocycles. The van der Waals surface area contributed by atoms with Crippen LogP contribution in [0.2, 0.25) is 0 Å². The maximum Gasteiger partial charge on any atom is 0.257 e. The van der Waals surface area contributed by atoms with E-state index in [2.05, 4.69) is 10.6 Å². The van der Waals surface area contributed by atoms with E-state index in [1.54, 1.807) is 12.1 Å². The first-order valence-corrected chi connectivity index (χ1v) is 9.55. The van der Waals surface area contributed by atoms with Crippen LogP contribution in [-0.4, -0.2) is 38.1 Å². The first kappa shape index (κ1) is 16.8. The maximum atomic E-state index is 12.2. The maximum absolute atomic E-state index is 12.2. The Morgan fingerprint density at radius 1 is 1.08 bits per heavy atom. The van der Waals surface area contributed by atoms with Crippen LogP contribution in [0.25, 0.3) is 0 Å². The van der Waals surface area contributed by atoms with E-state index in [1.807, 2.05) is 24.3 Å². The number of hydrogen-bond donors (Lipinski definition) is 2. The number of nitrogens with one attached hydrogen (secondary N) is 2. The predicted molar refractivity (Wildman–Crippen MR) is 95.7 cm³/mol. The normalized spacial score (nSPS) is 17.3. The molecular formula is C16H17N3O3S2. The van der Waals surface area contributed by atoms with Gasteiger partial charge in [0.2, 0.25) is 10.0 Å². The van der Waals surface area contributed by atoms with Gasteiger partial charge in [0.15, 0.2) is 5.37 Å². The number of amides is 1. The van der Waals surface area contributed by atoms with Crippen LogP contribution in [0.5, 0.6) is 0 Å². The van der Waals surface area contributed by atoms with Gasteiger partial charge in [-0.3, -0.25) is 4.79 Å². The molecule has 2 aromatic carbocycles. The minimum Gasteiger partial charge on any atom is -0.365 e. The van der Waals surface area contributed by atoms with Gasteiger partial charge in [0.1, 0.15) is 0 Å². The summed E-state index contributed by atoms with van der Waals surface area (Å²) in [5.74, 6) is -0.135. The predicted octanol–water partition coefficient (Wildman–Crippen LogP) is 2.42. The lowest BCUT2D eigenvalue weighted by atomic mass is 10.3. The molecule has 0 radical (unpaired) electrons. The van der Waals surface area contributed by atoms with Gasteiger partial charge in [-0.1, -0.05) is 23.9 Å². The van der Waals surface area contributed by atoms with Gasteiger partial charge in [-0.25, -0.2) is 12.7 Å². The van der Waals surface area contributed by atoms with Crippen LogP contribution in [-0.2, 0) is 14.8 Å². The molecule has 0 aliphatic carbocycles. The number of carbonyl (C=O) groups is 1. The molecule has 8 heteroatoms. The van der Waals surface area contributed by atoms with Crippen molar-refractivity contribution in [1.29, 1.82) is 0 Å². The van der Waals surface area contributed by atoms with E-state index in [9.17, 15) is 13.2 Å². The van der Waals surface area contributed by atoms with E-state index >= 15 is 0 Å². The molecule has 0 unspecified atom stereocenters. The average molecular weight is 363 g/mol. The van der Waals surface area contributed by atoms with E-state index < -0.39 is 15.4 Å². The highest BCUT2D eigenvalue weighted by Crippen LogP contribution is 2.35. The van der Waals surface area contributed by atoms with E-state index in [0.29, 0.717) is 5.69 Å². The summed E-state index contributed by atoms with van der Waals surface area (Å²) in [6.45, 7) is 0. The molecule has 6 nitrogen and oxygen atoms in total. The summed E-state index contributed by atoms with van der Waals surface area (Å²) in [7, 11) is -0.480. The van der Waals surface area contributed by atoms with Crippen molar-refractivity contribution >= 4 is 39.1 Å². The molecule has 1 atom stereocenters. The van der Waals surface area contributed by atoms with Gasteiger partial charge < -0.3 is 10.6 Å². The second-order valence-corrected chi connectivity index (χ2v) is 8.74. The van der Waals surface area contributed by atoms with Gasteiger partial charge in [0, 0.05) is 24.7 Å². The molecule has 0 saturated carbocycles. The van der Waals surface area contributed by atoms with E-state index in [1.165, 1.54) is 38.0 Å². The number of sulfonamides is 1. The van der Waals surface area contributed by atoms with Crippen LogP contribution in [0.3, 0.4) is 0 Å². The number of benzene rings is 2. The van der Waals surface area contributed by atoms with Gasteiger partial charge >= 0.3 is 0 Å². The van der Waals surface area contributed by atoms with Crippen molar-refractivity contribution in [2.45, 2.75) is 15.2 Å². The first-order chi connectivity index (χ1) is 11.4. The Kier molecular flexibility index (Phi) is 4.53. The third kappa shape index (κ3) is 3.26. The monoisotopic (exact) mass is 363 g/mol. The lowest BCUT2D eigenvalue weighted by Gasteiger charge is -2.25. The molecule has 0 fully saturated rings. The van der Waals surface area contributed by atoms with E-state index in [4.69, 9.17) is 0 Å². The molecule has 1 amide bonds. The molecular weight excluding hydrogens is 346 g/mol. The summed E-state index contributed by atoms with van der Waals surface area (Å²) in [4.78, 5) is 13.4. The van der Waals surface area contributed by atoms with Crippen molar-refractivity contribution in [1.82, 2.24) is 4.31 Å². The fourth-order valence-electron chi connectivity index (χ4n) is 2.23. The van der Waals surface area contributed by atoms with Crippen LogP contribution in [0.15, 0.2) is 58.3 Å². The Labute approximate surface area is 145 Å². The van der Waals surface area contributed by atoms with Crippen molar-refractivity contribution in [3.05, 3.63) is 48.5 Å². The van der Waals surface area contributed by atoms with Crippen molar-refractivity contribution in [2.75, 3.05) is 24.7 Å². The number of para-hydroxylation sites is 1. The van der Waals surface area contributed by atoms with Crippen LogP contribution in [0.1, 0.15) is 0 Å². The Morgan fingerprint density at radius 2 is 1.75 bits per heavy atom. The molecule has 24 heavy (non-hydrogen) atoms. The molecule has 1 aliphatic heterocycles. The van der Waals surface area contributed by atoms with Crippen molar-refractivity contribution in [3.63, 3.8) is 0 Å². The summed E-state index contributed by atoms with van der Waals surface area (Å²) in [6, 6.07) is 14.0. The summed E-state index contributed by atoms with van der Waals surface area (Å²) >= 11 is 1.42. The van der Waals surface area contributed by atoms with Crippen LogP contribution >= 0.6 is 11.8 Å². The Bertz CT molecular complexity index is 864. The summed E-state index contributed by atoms with van der Waals surface area (Å²) < 4.78 is 25.3. The van der Waals surface area contributed by atoms with Crippen LogP contribution in [0.4, 0.5) is 11.4 Å². The molecule has 2 N–H and O–H groups in total. The standard InChI is InChI=1S/C16H17N3O3S2/c1-19(2)24(21,22)12-9-7-11(8-10-12)17-16-15(20)18-13-5-3-4-6-14(13)23-16/h3-10,16-17H,1-2H3,(H,18,20)/t16-/m1/s1. The minimum absolute atomic E-state index is 0.135. The minimum atomic E-state index is -3.46. The van der Waals surface area contributed by atoms with Gasteiger partial charge in [-0.2, -0.15) is 0 Å². The SMILES string of the molecule is CN(C)S(=O)(=O)c1ccc(N[C@@H]2Sc3ccccc3NC2=O)cc1. The molecule has 126 valence electrons. The number of nitrogens with zero attached hydrogens (tertiary/aromatic N) is 1. The zero-order valence-electron chi connectivity index (χ0n) is 13.2. The number of thioether (sulfide) groups is 1. The number of rotatable bonds is 4. The van der Waals surface area contributed by atoms with Gasteiger partial charge in [0.25, 0.3) is 5.91 Å². The topological polar surface area (TPSA) is 78.5 Å². The second-order valence-electron chi connectivity index (χ2n) is 5.44. The third-order valence-electron chi connectivity index (χ3n) is 3.56. The largest absolute Gasteiger partial charge is 0.365 e. The fraction of sp³-hybridized carbons (Fsp3) is 0.188. The van der Waals surface area contributed by atoms with E-state index in [-0.39, 0.29) is 10.8 Å².